The molecule has 0 aromatic carbocycles. The maximum Gasteiger partial charge on any atom is 0.411 e. The zero-order valence-electron chi connectivity index (χ0n) is 13.5. The molecule has 4 heteroatoms. The average molecular weight is 281 g/mol. The predicted molar refractivity (Wildman–Crippen MR) is 81.6 cm³/mol. The molecule has 1 amide bonds. The van der Waals surface area contributed by atoms with Gasteiger partial charge in [0, 0.05) is 0 Å². The molecular weight excluding hydrogens is 254 g/mol. The highest BCUT2D eigenvalue weighted by atomic mass is 28.3. The SMILES string of the molecule is CC(C)[C@H]1[C@H](C#C[Si](C)(C)C)N1C(=O)OC(C)(C)C. The highest BCUT2D eigenvalue weighted by molar-refractivity contribution is 6.83. The van der Waals surface area contributed by atoms with Gasteiger partial charge in [-0.25, -0.2) is 4.79 Å². The van der Waals surface area contributed by atoms with Crippen molar-refractivity contribution in [2.45, 2.75) is 71.9 Å². The summed E-state index contributed by atoms with van der Waals surface area (Å²) < 4.78 is 5.43. The van der Waals surface area contributed by atoms with E-state index in [0.717, 1.165) is 0 Å². The van der Waals surface area contributed by atoms with Gasteiger partial charge in [-0.05, 0) is 26.7 Å². The van der Waals surface area contributed by atoms with Crippen molar-refractivity contribution in [2.75, 3.05) is 0 Å². The molecule has 2 atom stereocenters. The molecule has 1 rings (SSSR count). The molecule has 0 unspecified atom stereocenters. The van der Waals surface area contributed by atoms with Crippen LogP contribution in [0, 0.1) is 17.4 Å². The first-order chi connectivity index (χ1) is 8.42. The number of hydrogen-bond acceptors (Lipinski definition) is 2. The van der Waals surface area contributed by atoms with Crippen LogP contribution in [0.2, 0.25) is 19.6 Å². The molecule has 108 valence electrons. The third-order valence-corrected chi connectivity index (χ3v) is 3.63. The largest absolute Gasteiger partial charge is 0.444 e. The molecule has 1 saturated heterocycles. The summed E-state index contributed by atoms with van der Waals surface area (Å²) in [4.78, 5) is 13.9. The van der Waals surface area contributed by atoms with Crippen molar-refractivity contribution < 1.29 is 9.53 Å². The molecule has 0 N–H and O–H groups in total. The third-order valence-electron chi connectivity index (χ3n) is 2.74. The van der Waals surface area contributed by atoms with Gasteiger partial charge in [0.2, 0.25) is 0 Å². The van der Waals surface area contributed by atoms with Gasteiger partial charge >= 0.3 is 6.09 Å². The summed E-state index contributed by atoms with van der Waals surface area (Å²) in [6, 6.07) is 0.250. The second kappa shape index (κ2) is 5.20. The van der Waals surface area contributed by atoms with E-state index in [4.69, 9.17) is 4.74 Å². The van der Waals surface area contributed by atoms with Gasteiger partial charge in [0.1, 0.15) is 19.7 Å². The van der Waals surface area contributed by atoms with Crippen LogP contribution in [-0.4, -0.2) is 36.8 Å². The minimum atomic E-state index is -1.40. The fourth-order valence-corrected chi connectivity index (χ4v) is 2.51. The second-order valence-corrected chi connectivity index (χ2v) is 12.3. The molecule has 0 aliphatic carbocycles. The van der Waals surface area contributed by atoms with E-state index in [-0.39, 0.29) is 18.2 Å². The molecule has 3 nitrogen and oxygen atoms in total. The summed E-state index contributed by atoms with van der Waals surface area (Å²) in [5, 5.41) is 0. The Labute approximate surface area is 118 Å². The molecule has 0 aromatic heterocycles. The molecule has 0 saturated carbocycles. The number of nitrogens with zero attached hydrogens (tertiary/aromatic N) is 1. The molecule has 1 aliphatic rings. The average Bonchev–Trinajstić information content (AvgIpc) is 2.84. The summed E-state index contributed by atoms with van der Waals surface area (Å²) in [5.74, 6) is 3.69. The Kier molecular flexibility index (Phi) is 4.41. The quantitative estimate of drug-likeness (QED) is 0.418. The predicted octanol–water partition coefficient (Wildman–Crippen LogP) is 3.51. The van der Waals surface area contributed by atoms with Crippen LogP contribution in [0.4, 0.5) is 4.79 Å². The minimum absolute atomic E-state index is 0.0431. The standard InChI is InChI=1S/C15H27NO2Si/c1-11(2)13-12(9-10-19(6,7)8)16(13)14(17)18-15(3,4)5/h11-13H,1-8H3/t12-,13-,16?/m0/s1. The van der Waals surface area contributed by atoms with Crippen LogP contribution >= 0.6 is 0 Å². The molecule has 0 radical (unpaired) electrons. The summed E-state index contributed by atoms with van der Waals surface area (Å²) in [5.41, 5.74) is 2.91. The van der Waals surface area contributed by atoms with Gasteiger partial charge in [-0.15, -0.1) is 5.54 Å². The van der Waals surface area contributed by atoms with Crippen molar-refractivity contribution >= 4 is 14.2 Å². The molecule has 1 aliphatic heterocycles. The van der Waals surface area contributed by atoms with Crippen LogP contribution in [0.1, 0.15) is 34.6 Å². The van der Waals surface area contributed by atoms with E-state index < -0.39 is 13.7 Å². The van der Waals surface area contributed by atoms with E-state index in [1.807, 2.05) is 20.8 Å². The molecule has 0 aromatic rings. The number of carbonyl (C=O) groups is 1. The topological polar surface area (TPSA) is 29.3 Å². The van der Waals surface area contributed by atoms with Crippen molar-refractivity contribution in [1.29, 1.82) is 0 Å². The summed E-state index contributed by atoms with van der Waals surface area (Å²) >= 11 is 0. The molecule has 0 spiro atoms. The van der Waals surface area contributed by atoms with E-state index in [1.54, 1.807) is 4.90 Å². The normalized spacial score (nSPS) is 22.9. The maximum absolute atomic E-state index is 12.1. The third kappa shape index (κ3) is 4.91. The highest BCUT2D eigenvalue weighted by Crippen LogP contribution is 2.35. The van der Waals surface area contributed by atoms with E-state index in [0.29, 0.717) is 5.92 Å². The summed E-state index contributed by atoms with van der Waals surface area (Å²) in [6.45, 7) is 16.6. The Morgan fingerprint density at radius 2 is 1.79 bits per heavy atom. The summed E-state index contributed by atoms with van der Waals surface area (Å²) in [7, 11) is -1.40. The van der Waals surface area contributed by atoms with Crippen LogP contribution in [0.3, 0.4) is 0 Å². The Morgan fingerprint density at radius 3 is 2.16 bits per heavy atom. The highest BCUT2D eigenvalue weighted by Gasteiger charge is 2.53. The van der Waals surface area contributed by atoms with E-state index in [1.165, 1.54) is 0 Å². The summed E-state index contributed by atoms with van der Waals surface area (Å²) in [6.07, 6.45) is -0.235. The Bertz CT molecular complexity index is 407. The lowest BCUT2D eigenvalue weighted by atomic mass is 10.1. The lowest BCUT2D eigenvalue weighted by Crippen LogP contribution is -2.29. The van der Waals surface area contributed by atoms with E-state index in [2.05, 4.69) is 45.0 Å². The van der Waals surface area contributed by atoms with Gasteiger partial charge in [0.05, 0.1) is 6.04 Å². The van der Waals surface area contributed by atoms with Gasteiger partial charge in [-0.3, -0.25) is 4.90 Å². The van der Waals surface area contributed by atoms with Gasteiger partial charge < -0.3 is 4.74 Å². The fourth-order valence-electron chi connectivity index (χ4n) is 1.93. The smallest absolute Gasteiger partial charge is 0.411 e. The molecule has 1 heterocycles. The van der Waals surface area contributed by atoms with Crippen LogP contribution in [-0.2, 0) is 4.74 Å². The maximum atomic E-state index is 12.1. The van der Waals surface area contributed by atoms with Crippen molar-refractivity contribution in [3.63, 3.8) is 0 Å². The van der Waals surface area contributed by atoms with E-state index >= 15 is 0 Å². The Morgan fingerprint density at radius 1 is 1.26 bits per heavy atom. The van der Waals surface area contributed by atoms with Gasteiger partial charge in [-0.1, -0.05) is 39.4 Å². The van der Waals surface area contributed by atoms with Crippen LogP contribution < -0.4 is 0 Å². The van der Waals surface area contributed by atoms with Gasteiger partial charge in [-0.2, -0.15) is 0 Å². The number of ether oxygens (including phenoxy) is 1. The lowest BCUT2D eigenvalue weighted by Gasteiger charge is -2.20. The van der Waals surface area contributed by atoms with Crippen molar-refractivity contribution in [3.05, 3.63) is 0 Å². The first kappa shape index (κ1) is 16.1. The van der Waals surface area contributed by atoms with E-state index in [9.17, 15) is 4.79 Å². The molecule has 0 bridgehead atoms. The monoisotopic (exact) mass is 281 g/mol. The van der Waals surface area contributed by atoms with Crippen molar-refractivity contribution in [2.24, 2.45) is 5.92 Å². The van der Waals surface area contributed by atoms with Crippen molar-refractivity contribution in [1.82, 2.24) is 4.90 Å². The molecule has 19 heavy (non-hydrogen) atoms. The molecular formula is C15H27NO2Si. The molecule has 1 fully saturated rings. The zero-order valence-corrected chi connectivity index (χ0v) is 14.5. The number of amides is 1. The number of rotatable bonds is 1. The van der Waals surface area contributed by atoms with Gasteiger partial charge in [0.15, 0.2) is 0 Å². The second-order valence-electron chi connectivity index (χ2n) is 7.59. The Hall–Kier alpha value is -0.953. The first-order valence-electron chi connectivity index (χ1n) is 6.96. The lowest BCUT2D eigenvalue weighted by molar-refractivity contribution is 0.0392. The van der Waals surface area contributed by atoms with Crippen molar-refractivity contribution in [3.8, 4) is 11.5 Å². The number of hydrogen-bond donors (Lipinski definition) is 0. The van der Waals surface area contributed by atoms with Crippen LogP contribution in [0.25, 0.3) is 0 Å². The minimum Gasteiger partial charge on any atom is -0.444 e. The van der Waals surface area contributed by atoms with Crippen LogP contribution in [0.15, 0.2) is 0 Å². The Balaban J connectivity index is 2.77. The van der Waals surface area contributed by atoms with Crippen LogP contribution in [0.5, 0.6) is 0 Å². The van der Waals surface area contributed by atoms with Gasteiger partial charge in [0.25, 0.3) is 0 Å². The fraction of sp³-hybridized carbons (Fsp3) is 0.800. The zero-order chi connectivity index (χ0) is 15.0. The number of carbonyl (C=O) groups excluding carboxylic acids is 1. The first-order valence-corrected chi connectivity index (χ1v) is 10.5.